The fourth-order valence-corrected chi connectivity index (χ4v) is 4.83. The summed E-state index contributed by atoms with van der Waals surface area (Å²) in [6, 6.07) is 14.3. The molecule has 1 aromatic carbocycles. The smallest absolute Gasteiger partial charge is 0.151 e. The standard InChI is InChI=1S/C21H20N4OS/c1-2-6-20-18(5-1)23-21(27-20)16-4-3-11-25(13-16)14-17-12-19(24-26-17)15-7-9-22-10-8-15/h1-2,5-10,12,16H,3-4,11,13-14H2/t16-/m0/s1. The Bertz CT molecular complexity index is 1010. The van der Waals surface area contributed by atoms with Crippen LogP contribution in [0.2, 0.25) is 0 Å². The average Bonchev–Trinajstić information content (AvgIpc) is 3.36. The van der Waals surface area contributed by atoms with E-state index < -0.39 is 0 Å². The molecule has 0 saturated carbocycles. The van der Waals surface area contributed by atoms with Gasteiger partial charge in [0.25, 0.3) is 0 Å². The van der Waals surface area contributed by atoms with Crippen LogP contribution in [0.25, 0.3) is 21.5 Å². The lowest BCUT2D eigenvalue weighted by atomic mass is 9.98. The molecule has 1 fully saturated rings. The van der Waals surface area contributed by atoms with E-state index in [2.05, 4.69) is 39.3 Å². The van der Waals surface area contributed by atoms with E-state index in [0.717, 1.165) is 42.2 Å². The lowest BCUT2D eigenvalue weighted by molar-refractivity contribution is 0.180. The van der Waals surface area contributed by atoms with Crippen molar-refractivity contribution in [3.05, 3.63) is 65.6 Å². The molecule has 0 bridgehead atoms. The molecule has 5 nitrogen and oxygen atoms in total. The lowest BCUT2D eigenvalue weighted by Crippen LogP contribution is -2.33. The third-order valence-corrected chi connectivity index (χ3v) is 6.28. The highest BCUT2D eigenvalue weighted by Crippen LogP contribution is 2.33. The number of likely N-dealkylation sites (tertiary alicyclic amines) is 1. The third-order valence-electron chi connectivity index (χ3n) is 5.08. The number of benzene rings is 1. The summed E-state index contributed by atoms with van der Waals surface area (Å²) < 4.78 is 6.87. The molecule has 4 heterocycles. The molecule has 0 unspecified atom stereocenters. The van der Waals surface area contributed by atoms with Crippen molar-refractivity contribution in [3.8, 4) is 11.3 Å². The van der Waals surface area contributed by atoms with Gasteiger partial charge in [0.2, 0.25) is 0 Å². The molecular formula is C21H20N4OS. The Hall–Kier alpha value is -2.57. The number of thiazole rings is 1. The maximum absolute atomic E-state index is 5.59. The van der Waals surface area contributed by atoms with E-state index >= 15 is 0 Å². The number of pyridine rings is 1. The summed E-state index contributed by atoms with van der Waals surface area (Å²) in [7, 11) is 0. The monoisotopic (exact) mass is 376 g/mol. The van der Waals surface area contributed by atoms with Gasteiger partial charge in [0.1, 0.15) is 5.69 Å². The van der Waals surface area contributed by atoms with Crippen LogP contribution in [-0.2, 0) is 6.54 Å². The Labute approximate surface area is 161 Å². The molecule has 0 N–H and O–H groups in total. The molecule has 0 aliphatic carbocycles. The van der Waals surface area contributed by atoms with Crippen molar-refractivity contribution < 1.29 is 4.52 Å². The van der Waals surface area contributed by atoms with Crippen LogP contribution in [0.4, 0.5) is 0 Å². The van der Waals surface area contributed by atoms with Crippen LogP contribution in [0.15, 0.2) is 59.4 Å². The maximum atomic E-state index is 5.59. The Kier molecular flexibility index (Phi) is 4.43. The van der Waals surface area contributed by atoms with Crippen LogP contribution in [-0.4, -0.2) is 33.1 Å². The van der Waals surface area contributed by atoms with Gasteiger partial charge in [-0.25, -0.2) is 4.98 Å². The second-order valence-electron chi connectivity index (χ2n) is 7.01. The number of fused-ring (bicyclic) bond motifs is 1. The molecule has 1 atom stereocenters. The predicted octanol–water partition coefficient (Wildman–Crippen LogP) is 4.73. The molecule has 3 aromatic heterocycles. The molecule has 0 spiro atoms. The van der Waals surface area contributed by atoms with Gasteiger partial charge in [0.05, 0.1) is 21.8 Å². The van der Waals surface area contributed by atoms with E-state index in [1.54, 1.807) is 12.4 Å². The number of hydrogen-bond acceptors (Lipinski definition) is 6. The number of rotatable bonds is 4. The first kappa shape index (κ1) is 16.6. The van der Waals surface area contributed by atoms with Gasteiger partial charge >= 0.3 is 0 Å². The van der Waals surface area contributed by atoms with E-state index in [1.807, 2.05) is 29.5 Å². The van der Waals surface area contributed by atoms with E-state index in [4.69, 9.17) is 9.51 Å². The first-order chi connectivity index (χ1) is 13.3. The quantitative estimate of drug-likeness (QED) is 0.515. The number of piperidine rings is 1. The Balaban J connectivity index is 1.29. The molecule has 6 heteroatoms. The normalized spacial score (nSPS) is 18.1. The van der Waals surface area contributed by atoms with Crippen molar-refractivity contribution in [2.75, 3.05) is 13.1 Å². The van der Waals surface area contributed by atoms with Crippen molar-refractivity contribution >= 4 is 21.6 Å². The summed E-state index contributed by atoms with van der Waals surface area (Å²) >= 11 is 1.83. The van der Waals surface area contributed by atoms with Crippen molar-refractivity contribution in [2.45, 2.75) is 25.3 Å². The maximum Gasteiger partial charge on any atom is 0.151 e. The lowest BCUT2D eigenvalue weighted by Gasteiger charge is -2.30. The molecule has 27 heavy (non-hydrogen) atoms. The number of aromatic nitrogens is 3. The zero-order chi connectivity index (χ0) is 18.1. The summed E-state index contributed by atoms with van der Waals surface area (Å²) in [5, 5.41) is 5.48. The number of para-hydroxylation sites is 1. The third kappa shape index (κ3) is 3.50. The molecule has 1 saturated heterocycles. The molecule has 4 aromatic rings. The highest BCUT2D eigenvalue weighted by molar-refractivity contribution is 7.18. The largest absolute Gasteiger partial charge is 0.359 e. The summed E-state index contributed by atoms with van der Waals surface area (Å²) in [6.07, 6.45) is 5.94. The van der Waals surface area contributed by atoms with E-state index in [-0.39, 0.29) is 0 Å². The van der Waals surface area contributed by atoms with Gasteiger partial charge < -0.3 is 4.52 Å². The Morgan fingerprint density at radius 3 is 2.93 bits per heavy atom. The Morgan fingerprint density at radius 2 is 2.04 bits per heavy atom. The Morgan fingerprint density at radius 1 is 1.15 bits per heavy atom. The minimum absolute atomic E-state index is 0.499. The first-order valence-electron chi connectivity index (χ1n) is 9.29. The highest BCUT2D eigenvalue weighted by atomic mass is 32.1. The van der Waals surface area contributed by atoms with Crippen molar-refractivity contribution in [2.24, 2.45) is 0 Å². The summed E-state index contributed by atoms with van der Waals surface area (Å²) in [5.74, 6) is 1.41. The molecule has 136 valence electrons. The molecule has 5 rings (SSSR count). The molecule has 0 amide bonds. The number of nitrogens with zero attached hydrogens (tertiary/aromatic N) is 4. The minimum atomic E-state index is 0.499. The van der Waals surface area contributed by atoms with Crippen LogP contribution in [0.3, 0.4) is 0 Å². The molecule has 0 radical (unpaired) electrons. The van der Waals surface area contributed by atoms with Crippen LogP contribution < -0.4 is 0 Å². The van der Waals surface area contributed by atoms with Gasteiger partial charge in [0, 0.05) is 36.5 Å². The summed E-state index contributed by atoms with van der Waals surface area (Å²) in [5.41, 5.74) is 3.02. The van der Waals surface area contributed by atoms with E-state index in [9.17, 15) is 0 Å². The van der Waals surface area contributed by atoms with Gasteiger partial charge in [-0.05, 0) is 43.7 Å². The zero-order valence-corrected chi connectivity index (χ0v) is 15.7. The molecular weight excluding hydrogens is 356 g/mol. The second kappa shape index (κ2) is 7.21. The van der Waals surface area contributed by atoms with Gasteiger partial charge in [-0.1, -0.05) is 17.3 Å². The predicted molar refractivity (Wildman–Crippen MR) is 107 cm³/mol. The average molecular weight is 376 g/mol. The topological polar surface area (TPSA) is 55.1 Å². The van der Waals surface area contributed by atoms with Crippen molar-refractivity contribution in [3.63, 3.8) is 0 Å². The second-order valence-corrected chi connectivity index (χ2v) is 8.07. The van der Waals surface area contributed by atoms with Gasteiger partial charge in [-0.15, -0.1) is 11.3 Å². The van der Waals surface area contributed by atoms with Crippen LogP contribution in [0, 0.1) is 0 Å². The number of hydrogen-bond donors (Lipinski definition) is 0. The van der Waals surface area contributed by atoms with Gasteiger partial charge in [-0.2, -0.15) is 0 Å². The summed E-state index contributed by atoms with van der Waals surface area (Å²) in [4.78, 5) is 11.4. The molecule has 1 aliphatic rings. The highest BCUT2D eigenvalue weighted by Gasteiger charge is 2.25. The first-order valence-corrected chi connectivity index (χ1v) is 10.1. The van der Waals surface area contributed by atoms with Crippen molar-refractivity contribution in [1.82, 2.24) is 20.0 Å². The van der Waals surface area contributed by atoms with Gasteiger partial charge in [-0.3, -0.25) is 9.88 Å². The van der Waals surface area contributed by atoms with Crippen LogP contribution >= 0.6 is 11.3 Å². The van der Waals surface area contributed by atoms with Crippen LogP contribution in [0.5, 0.6) is 0 Å². The van der Waals surface area contributed by atoms with Crippen molar-refractivity contribution in [1.29, 1.82) is 0 Å². The minimum Gasteiger partial charge on any atom is -0.359 e. The van der Waals surface area contributed by atoms with E-state index in [0.29, 0.717) is 5.92 Å². The van der Waals surface area contributed by atoms with E-state index in [1.165, 1.54) is 22.5 Å². The summed E-state index contributed by atoms with van der Waals surface area (Å²) in [6.45, 7) is 2.90. The van der Waals surface area contributed by atoms with Gasteiger partial charge in [0.15, 0.2) is 5.76 Å². The zero-order valence-electron chi connectivity index (χ0n) is 14.9. The SMILES string of the molecule is c1ccc2sc([C@H]3CCCN(Cc4cc(-c5ccncc5)no4)C3)nc2c1. The van der Waals surface area contributed by atoms with Crippen LogP contribution in [0.1, 0.15) is 29.5 Å². The molecule has 1 aliphatic heterocycles. The fourth-order valence-electron chi connectivity index (χ4n) is 3.73. The fraction of sp³-hybridized carbons (Fsp3) is 0.286.